The second kappa shape index (κ2) is 11.4. The van der Waals surface area contributed by atoms with Gasteiger partial charge < -0.3 is 24.5 Å². The molecule has 1 N–H and O–H groups in total. The molecule has 9 heteroatoms. The van der Waals surface area contributed by atoms with Gasteiger partial charge in [0.2, 0.25) is 11.8 Å². The van der Waals surface area contributed by atoms with Crippen molar-refractivity contribution in [3.05, 3.63) is 49.6 Å². The van der Waals surface area contributed by atoms with Gasteiger partial charge in [0.05, 0.1) is 36.3 Å². The minimum atomic E-state index is -0.830. The summed E-state index contributed by atoms with van der Waals surface area (Å²) >= 11 is 1.64. The largest absolute Gasteiger partial charge is 0.497 e. The predicted octanol–water partition coefficient (Wildman–Crippen LogP) is 3.21. The first-order valence-electron chi connectivity index (χ1n) is 13.6. The maximum atomic E-state index is 14.7. The van der Waals surface area contributed by atoms with E-state index in [9.17, 15) is 19.5 Å². The van der Waals surface area contributed by atoms with Gasteiger partial charge in [-0.1, -0.05) is 32.9 Å². The number of amides is 3. The van der Waals surface area contributed by atoms with E-state index in [2.05, 4.69) is 20.1 Å². The molecule has 0 aromatic heterocycles. The zero-order valence-corrected chi connectivity index (χ0v) is 24.4. The number of hydrogen-bond acceptors (Lipinski definition) is 6. The van der Waals surface area contributed by atoms with Gasteiger partial charge in [-0.2, -0.15) is 0 Å². The second-order valence-corrected chi connectivity index (χ2v) is 12.8. The molecular weight excluding hydrogens is 514 g/mol. The highest BCUT2D eigenvalue weighted by atomic mass is 32.2. The number of carbonyl (C=O) groups excluding carboxylic acids is 3. The average Bonchev–Trinajstić information content (AvgIpc) is 3.51. The fourth-order valence-corrected chi connectivity index (χ4v) is 9.29. The molecule has 3 heterocycles. The molecule has 39 heavy (non-hydrogen) atoms. The molecule has 0 saturated carbocycles. The second-order valence-electron chi connectivity index (χ2n) is 11.2. The molecule has 3 saturated heterocycles. The Morgan fingerprint density at radius 1 is 1.21 bits per heavy atom. The first-order valence-corrected chi connectivity index (χ1v) is 14.5. The van der Waals surface area contributed by atoms with Crippen molar-refractivity contribution in [2.75, 3.05) is 38.8 Å². The van der Waals surface area contributed by atoms with Gasteiger partial charge in [-0.25, -0.2) is 0 Å². The lowest BCUT2D eigenvalue weighted by Gasteiger charge is -2.42. The molecule has 212 valence electrons. The molecule has 7 atom stereocenters. The number of aliphatic hydroxyl groups excluding tert-OH is 1. The zero-order chi connectivity index (χ0) is 28.6. The summed E-state index contributed by atoms with van der Waals surface area (Å²) in [6, 6.07) is 5.85. The number of thioether (sulfide) groups is 1. The Balaban J connectivity index is 1.85. The van der Waals surface area contributed by atoms with Crippen molar-refractivity contribution in [3.63, 3.8) is 0 Å². The van der Waals surface area contributed by atoms with Gasteiger partial charge in [0, 0.05) is 31.1 Å². The van der Waals surface area contributed by atoms with E-state index in [-0.39, 0.29) is 48.0 Å². The van der Waals surface area contributed by atoms with Crippen LogP contribution in [0.15, 0.2) is 49.6 Å². The van der Waals surface area contributed by atoms with E-state index in [1.165, 1.54) is 0 Å². The highest BCUT2D eigenvalue weighted by Gasteiger charge is 2.77. The Morgan fingerprint density at radius 3 is 2.38 bits per heavy atom. The van der Waals surface area contributed by atoms with Crippen LogP contribution in [0.4, 0.5) is 5.69 Å². The van der Waals surface area contributed by atoms with E-state index in [0.717, 1.165) is 6.42 Å². The number of likely N-dealkylation sites (tertiary alicyclic amines) is 1. The molecule has 4 rings (SSSR count). The molecule has 8 nitrogen and oxygen atoms in total. The van der Waals surface area contributed by atoms with Crippen molar-refractivity contribution < 1.29 is 24.2 Å². The maximum absolute atomic E-state index is 14.7. The monoisotopic (exact) mass is 555 g/mol. The summed E-state index contributed by atoms with van der Waals surface area (Å²) in [5.74, 6) is -1.07. The minimum Gasteiger partial charge on any atom is -0.497 e. The highest BCUT2D eigenvalue weighted by molar-refractivity contribution is 8.02. The molecule has 1 spiro atoms. The molecule has 3 unspecified atom stereocenters. The van der Waals surface area contributed by atoms with Crippen molar-refractivity contribution in [2.45, 2.75) is 49.3 Å². The van der Waals surface area contributed by atoms with Crippen LogP contribution in [0.3, 0.4) is 0 Å². The van der Waals surface area contributed by atoms with Crippen molar-refractivity contribution in [1.29, 1.82) is 0 Å². The molecule has 3 amide bonds. The number of ether oxygens (including phenoxy) is 1. The van der Waals surface area contributed by atoms with Crippen LogP contribution in [0.2, 0.25) is 0 Å². The van der Waals surface area contributed by atoms with Gasteiger partial charge in [0.1, 0.15) is 11.8 Å². The number of methoxy groups -OCH3 is 1. The molecule has 2 bridgehead atoms. The predicted molar refractivity (Wildman–Crippen MR) is 155 cm³/mol. The summed E-state index contributed by atoms with van der Waals surface area (Å²) in [6.07, 6.45) is 4.10. The standard InChI is InChI=1S/C30H41N3O5S/c1-8-14-31(6)27(35)24-23-16-19(5)30(39-23)25(24)28(36)33(22(17-34)18(3)4)26(30)29(37)32(15-9-2)20-10-12-21(38-7)13-11-20/h8-13,18-19,22-26,34H,1-2,14-17H2,3-7H3/t19?,22-,23+,24-,25-,26?,30?/m0/s1. The van der Waals surface area contributed by atoms with E-state index in [4.69, 9.17) is 4.74 Å². The number of aliphatic hydroxyl groups is 1. The summed E-state index contributed by atoms with van der Waals surface area (Å²) in [6.45, 7) is 14.0. The number of fused-ring (bicyclic) bond motifs is 1. The third-order valence-electron chi connectivity index (χ3n) is 8.76. The van der Waals surface area contributed by atoms with Gasteiger partial charge in [-0.3, -0.25) is 14.4 Å². The first kappa shape index (κ1) is 29.2. The molecule has 0 radical (unpaired) electrons. The number of hydrogen-bond donors (Lipinski definition) is 1. The van der Waals surface area contributed by atoms with Crippen molar-refractivity contribution in [1.82, 2.24) is 9.80 Å². The van der Waals surface area contributed by atoms with E-state index in [1.54, 1.807) is 64.9 Å². The molecule has 3 fully saturated rings. The van der Waals surface area contributed by atoms with Crippen LogP contribution in [-0.4, -0.2) is 88.6 Å². The third kappa shape index (κ3) is 4.57. The van der Waals surface area contributed by atoms with Crippen LogP contribution in [0, 0.1) is 23.7 Å². The molecule has 0 aliphatic carbocycles. The lowest BCUT2D eigenvalue weighted by Crippen LogP contribution is -2.60. The molecule has 3 aliphatic rings. The van der Waals surface area contributed by atoms with Crippen LogP contribution in [-0.2, 0) is 14.4 Å². The average molecular weight is 556 g/mol. The summed E-state index contributed by atoms with van der Waals surface area (Å²) in [7, 11) is 3.32. The SMILES string of the molecule is C=CCN(C)C(=O)[C@@H]1[C@H]2C(=O)N([C@@H](CO)C(C)C)C(C(=O)N(CC=C)c3ccc(OC)cc3)C23S[C@@H]1CC3C. The van der Waals surface area contributed by atoms with Crippen LogP contribution >= 0.6 is 11.8 Å². The molecule has 1 aromatic rings. The van der Waals surface area contributed by atoms with Gasteiger partial charge in [0.25, 0.3) is 5.91 Å². The van der Waals surface area contributed by atoms with E-state index in [0.29, 0.717) is 18.0 Å². The third-order valence-corrected chi connectivity index (χ3v) is 10.8. The quantitative estimate of drug-likeness (QED) is 0.422. The first-order chi connectivity index (χ1) is 18.6. The van der Waals surface area contributed by atoms with E-state index in [1.807, 2.05) is 26.0 Å². The number of anilines is 1. The van der Waals surface area contributed by atoms with Crippen molar-refractivity contribution in [2.24, 2.45) is 23.7 Å². The van der Waals surface area contributed by atoms with E-state index < -0.39 is 28.7 Å². The van der Waals surface area contributed by atoms with Crippen LogP contribution in [0.5, 0.6) is 5.75 Å². The Bertz CT molecular complexity index is 1120. The Hall–Kier alpha value is -2.78. The van der Waals surface area contributed by atoms with Gasteiger partial charge in [-0.15, -0.1) is 24.9 Å². The Morgan fingerprint density at radius 2 is 1.85 bits per heavy atom. The summed E-state index contributed by atoms with van der Waals surface area (Å²) in [4.78, 5) is 47.8. The van der Waals surface area contributed by atoms with E-state index >= 15 is 0 Å². The maximum Gasteiger partial charge on any atom is 0.251 e. The number of nitrogens with zero attached hydrogens (tertiary/aromatic N) is 3. The Labute approximate surface area is 236 Å². The van der Waals surface area contributed by atoms with Crippen LogP contribution < -0.4 is 9.64 Å². The highest BCUT2D eigenvalue weighted by Crippen LogP contribution is 2.69. The lowest BCUT2D eigenvalue weighted by atomic mass is 9.65. The topological polar surface area (TPSA) is 90.4 Å². The van der Waals surface area contributed by atoms with Gasteiger partial charge >= 0.3 is 0 Å². The smallest absolute Gasteiger partial charge is 0.251 e. The molecular formula is C30H41N3O5S. The summed E-state index contributed by atoms with van der Waals surface area (Å²) < 4.78 is 4.53. The fourth-order valence-electron chi connectivity index (χ4n) is 6.90. The number of benzene rings is 1. The summed E-state index contributed by atoms with van der Waals surface area (Å²) in [5, 5.41) is 10.4. The summed E-state index contributed by atoms with van der Waals surface area (Å²) in [5.41, 5.74) is 0.668. The Kier molecular flexibility index (Phi) is 8.52. The number of likely N-dealkylation sites (N-methyl/N-ethyl adjacent to an activating group) is 1. The minimum absolute atomic E-state index is 0.0297. The fraction of sp³-hybridized carbons (Fsp3) is 0.567. The molecule has 3 aliphatic heterocycles. The number of rotatable bonds is 11. The van der Waals surface area contributed by atoms with Gasteiger partial charge in [-0.05, 0) is 42.5 Å². The zero-order valence-electron chi connectivity index (χ0n) is 23.6. The lowest BCUT2D eigenvalue weighted by molar-refractivity contribution is -0.145. The van der Waals surface area contributed by atoms with Crippen LogP contribution in [0.1, 0.15) is 27.2 Å². The normalized spacial score (nSPS) is 29.8. The van der Waals surface area contributed by atoms with Crippen molar-refractivity contribution in [3.8, 4) is 5.75 Å². The molecule has 1 aromatic carbocycles. The van der Waals surface area contributed by atoms with Crippen LogP contribution in [0.25, 0.3) is 0 Å². The van der Waals surface area contributed by atoms with Gasteiger partial charge in [0.15, 0.2) is 0 Å². The number of carbonyl (C=O) groups is 3. The van der Waals surface area contributed by atoms with Crippen molar-refractivity contribution >= 4 is 35.2 Å².